The number of hydrogen-bond acceptors (Lipinski definition) is 6. The van der Waals surface area contributed by atoms with Crippen LogP contribution in [0.3, 0.4) is 0 Å². The summed E-state index contributed by atoms with van der Waals surface area (Å²) in [6, 6.07) is 10.9. The molecule has 2 aromatic heterocycles. The van der Waals surface area contributed by atoms with Gasteiger partial charge in [-0.15, -0.1) is 0 Å². The highest BCUT2D eigenvalue weighted by Crippen LogP contribution is 2.29. The SMILES string of the molecule is O=c1[nH]c(O)c(C=NCc2ccc(OC(F)F)c(O)c2)c2cc(-c3ccoc3)ccc12. The molecule has 0 aliphatic heterocycles. The van der Waals surface area contributed by atoms with Gasteiger partial charge >= 0.3 is 6.61 Å². The average molecular weight is 426 g/mol. The summed E-state index contributed by atoms with van der Waals surface area (Å²) in [4.78, 5) is 18.9. The first-order valence-electron chi connectivity index (χ1n) is 9.10. The van der Waals surface area contributed by atoms with Gasteiger partial charge in [0.15, 0.2) is 11.5 Å². The van der Waals surface area contributed by atoms with Crippen molar-refractivity contribution in [3.05, 3.63) is 76.5 Å². The van der Waals surface area contributed by atoms with Crippen molar-refractivity contribution >= 4 is 17.0 Å². The van der Waals surface area contributed by atoms with Gasteiger partial charge in [0, 0.05) is 22.6 Å². The number of pyridine rings is 1. The number of nitrogens with one attached hydrogen (secondary N) is 1. The van der Waals surface area contributed by atoms with Crippen molar-refractivity contribution in [2.75, 3.05) is 0 Å². The third-order valence-electron chi connectivity index (χ3n) is 4.63. The number of phenolic OH excluding ortho intramolecular Hbond substituents is 1. The van der Waals surface area contributed by atoms with Crippen LogP contribution in [-0.2, 0) is 6.54 Å². The van der Waals surface area contributed by atoms with Gasteiger partial charge in [-0.05, 0) is 41.5 Å². The highest BCUT2D eigenvalue weighted by Gasteiger charge is 2.12. The maximum absolute atomic E-state index is 12.3. The first-order chi connectivity index (χ1) is 14.9. The molecule has 0 radical (unpaired) electrons. The molecular weight excluding hydrogens is 410 g/mol. The molecule has 0 fully saturated rings. The zero-order valence-electron chi connectivity index (χ0n) is 15.9. The van der Waals surface area contributed by atoms with Crippen LogP contribution in [0.4, 0.5) is 8.78 Å². The molecule has 0 bridgehead atoms. The predicted molar refractivity (Wildman–Crippen MR) is 110 cm³/mol. The van der Waals surface area contributed by atoms with E-state index in [0.29, 0.717) is 21.9 Å². The monoisotopic (exact) mass is 426 g/mol. The van der Waals surface area contributed by atoms with Gasteiger partial charge < -0.3 is 19.4 Å². The number of aromatic nitrogens is 1. The first kappa shape index (κ1) is 20.1. The highest BCUT2D eigenvalue weighted by molar-refractivity contribution is 6.02. The molecular formula is C22H16F2N2O5. The van der Waals surface area contributed by atoms with Gasteiger partial charge in [-0.25, -0.2) is 0 Å². The van der Waals surface area contributed by atoms with Crippen LogP contribution in [0.1, 0.15) is 11.1 Å². The fraction of sp³-hybridized carbons (Fsp3) is 0.0909. The average Bonchev–Trinajstić information content (AvgIpc) is 3.26. The molecule has 0 unspecified atom stereocenters. The van der Waals surface area contributed by atoms with E-state index in [9.17, 15) is 23.8 Å². The molecule has 3 N–H and O–H groups in total. The Morgan fingerprint density at radius 3 is 2.65 bits per heavy atom. The van der Waals surface area contributed by atoms with Crippen LogP contribution in [0.15, 0.2) is 69.2 Å². The molecule has 4 rings (SSSR count). The van der Waals surface area contributed by atoms with Crippen molar-refractivity contribution in [2.24, 2.45) is 4.99 Å². The van der Waals surface area contributed by atoms with Gasteiger partial charge in [0.2, 0.25) is 5.88 Å². The molecule has 0 saturated heterocycles. The quantitative estimate of drug-likeness (QED) is 0.396. The number of nitrogens with zero attached hydrogens (tertiary/aromatic N) is 1. The lowest BCUT2D eigenvalue weighted by atomic mass is 10.0. The maximum atomic E-state index is 12.3. The molecule has 0 spiro atoms. The summed E-state index contributed by atoms with van der Waals surface area (Å²) in [6.07, 6.45) is 4.49. The summed E-state index contributed by atoms with van der Waals surface area (Å²) in [6.45, 7) is -2.96. The van der Waals surface area contributed by atoms with Crippen LogP contribution in [0.25, 0.3) is 21.9 Å². The van der Waals surface area contributed by atoms with Crippen molar-refractivity contribution in [3.63, 3.8) is 0 Å². The second-order valence-electron chi connectivity index (χ2n) is 6.64. The molecule has 0 aliphatic rings. The minimum absolute atomic E-state index is 0.0873. The Morgan fingerprint density at radius 2 is 1.94 bits per heavy atom. The fourth-order valence-corrected chi connectivity index (χ4v) is 3.17. The van der Waals surface area contributed by atoms with Crippen LogP contribution in [0.5, 0.6) is 17.4 Å². The van der Waals surface area contributed by atoms with E-state index >= 15 is 0 Å². The minimum Gasteiger partial charge on any atom is -0.504 e. The van der Waals surface area contributed by atoms with E-state index in [1.165, 1.54) is 30.7 Å². The third kappa shape index (κ3) is 4.25. The standard InChI is InChI=1S/C22H16F2N2O5/c23-22(24)31-19-4-1-12(7-18(19)27)9-25-10-17-16-8-13(14-5-6-30-11-14)2-3-15(16)20(28)26-21(17)29/h1-8,10-11,22,27H,9H2,(H2,26,28,29). The van der Waals surface area contributed by atoms with Crippen LogP contribution in [-0.4, -0.2) is 28.0 Å². The number of aromatic amines is 1. The lowest BCUT2D eigenvalue weighted by Gasteiger charge is -2.08. The topological polar surface area (TPSA) is 108 Å². The molecule has 0 atom stereocenters. The largest absolute Gasteiger partial charge is 0.504 e. The Labute approximate surface area is 173 Å². The van der Waals surface area contributed by atoms with Crippen molar-refractivity contribution in [3.8, 4) is 28.5 Å². The molecule has 7 nitrogen and oxygen atoms in total. The number of hydrogen-bond donors (Lipinski definition) is 3. The summed E-state index contributed by atoms with van der Waals surface area (Å²) in [5.74, 6) is -1.11. The Morgan fingerprint density at radius 1 is 1.10 bits per heavy atom. The van der Waals surface area contributed by atoms with Gasteiger partial charge in [0.1, 0.15) is 0 Å². The molecule has 158 valence electrons. The van der Waals surface area contributed by atoms with E-state index in [2.05, 4.69) is 14.7 Å². The van der Waals surface area contributed by atoms with E-state index in [1.807, 2.05) is 0 Å². The molecule has 4 aromatic rings. The number of phenols is 1. The van der Waals surface area contributed by atoms with E-state index in [0.717, 1.165) is 11.1 Å². The number of aromatic hydroxyl groups is 2. The molecule has 31 heavy (non-hydrogen) atoms. The molecule has 2 aromatic carbocycles. The van der Waals surface area contributed by atoms with Crippen LogP contribution < -0.4 is 10.3 Å². The van der Waals surface area contributed by atoms with Crippen LogP contribution in [0, 0.1) is 0 Å². The smallest absolute Gasteiger partial charge is 0.387 e. The Kier molecular flexibility index (Phi) is 5.40. The Bertz CT molecular complexity index is 1310. The second kappa shape index (κ2) is 8.31. The Balaban J connectivity index is 1.66. The number of H-pyrrole nitrogens is 1. The molecule has 0 amide bonds. The Hall–Kier alpha value is -4.14. The summed E-state index contributed by atoms with van der Waals surface area (Å²) < 4.78 is 33.9. The molecule has 9 heteroatoms. The lowest BCUT2D eigenvalue weighted by Crippen LogP contribution is -2.08. The number of halogens is 2. The zero-order valence-corrected chi connectivity index (χ0v) is 15.9. The van der Waals surface area contributed by atoms with E-state index in [1.54, 1.807) is 30.5 Å². The van der Waals surface area contributed by atoms with Gasteiger partial charge in [0.25, 0.3) is 5.56 Å². The zero-order chi connectivity index (χ0) is 22.0. The van der Waals surface area contributed by atoms with Gasteiger partial charge in [-0.1, -0.05) is 12.1 Å². The minimum atomic E-state index is -3.04. The van der Waals surface area contributed by atoms with E-state index in [4.69, 9.17) is 4.42 Å². The molecule has 0 saturated carbocycles. The van der Waals surface area contributed by atoms with E-state index < -0.39 is 17.9 Å². The second-order valence-corrected chi connectivity index (χ2v) is 6.64. The van der Waals surface area contributed by atoms with Crippen molar-refractivity contribution in [1.29, 1.82) is 0 Å². The third-order valence-corrected chi connectivity index (χ3v) is 4.63. The number of aliphatic imine (C=N–C) groups is 1. The number of benzene rings is 2. The highest BCUT2D eigenvalue weighted by atomic mass is 19.3. The van der Waals surface area contributed by atoms with Crippen LogP contribution in [0.2, 0.25) is 0 Å². The normalized spacial score (nSPS) is 11.6. The maximum Gasteiger partial charge on any atom is 0.387 e. The van der Waals surface area contributed by atoms with Gasteiger partial charge in [-0.3, -0.25) is 14.8 Å². The fourth-order valence-electron chi connectivity index (χ4n) is 3.17. The summed E-state index contributed by atoms with van der Waals surface area (Å²) in [5.41, 5.74) is 2.00. The van der Waals surface area contributed by atoms with Crippen molar-refractivity contribution in [2.45, 2.75) is 13.2 Å². The number of rotatable bonds is 6. The molecule has 0 aliphatic carbocycles. The number of furan rings is 1. The number of fused-ring (bicyclic) bond motifs is 1. The van der Waals surface area contributed by atoms with E-state index in [-0.39, 0.29) is 18.2 Å². The lowest BCUT2D eigenvalue weighted by molar-refractivity contribution is -0.0512. The first-order valence-corrected chi connectivity index (χ1v) is 9.10. The summed E-state index contributed by atoms with van der Waals surface area (Å²) in [7, 11) is 0. The van der Waals surface area contributed by atoms with Gasteiger partial charge in [0.05, 0.1) is 24.6 Å². The summed E-state index contributed by atoms with van der Waals surface area (Å²) >= 11 is 0. The number of alkyl halides is 2. The number of ether oxygens (including phenoxy) is 1. The summed E-state index contributed by atoms with van der Waals surface area (Å²) in [5, 5.41) is 20.9. The van der Waals surface area contributed by atoms with Crippen molar-refractivity contribution < 1.29 is 28.1 Å². The van der Waals surface area contributed by atoms with Crippen LogP contribution >= 0.6 is 0 Å². The van der Waals surface area contributed by atoms with Crippen molar-refractivity contribution in [1.82, 2.24) is 4.98 Å². The van der Waals surface area contributed by atoms with Gasteiger partial charge in [-0.2, -0.15) is 8.78 Å². The molecule has 2 heterocycles. The predicted octanol–water partition coefficient (Wildman–Crippen LogP) is 4.42.